The zero-order chi connectivity index (χ0) is 34.4. The van der Waals surface area contributed by atoms with Gasteiger partial charge in [0.05, 0.1) is 34.0 Å². The average molecular weight is 644 g/mol. The summed E-state index contributed by atoms with van der Waals surface area (Å²) in [5.41, 5.74) is -1.15. The third kappa shape index (κ3) is 10.8. The highest BCUT2D eigenvalue weighted by atomic mass is 16.6. The van der Waals surface area contributed by atoms with Crippen LogP contribution in [0, 0.1) is 24.0 Å². The van der Waals surface area contributed by atoms with Gasteiger partial charge in [-0.1, -0.05) is 18.2 Å². The second-order valence-electron chi connectivity index (χ2n) is 9.60. The molecule has 0 saturated heterocycles. The molecule has 6 N–H and O–H groups in total. The predicted octanol–water partition coefficient (Wildman–Crippen LogP) is 3.01. The summed E-state index contributed by atoms with van der Waals surface area (Å²) in [6.07, 6.45) is 0.535. The summed E-state index contributed by atoms with van der Waals surface area (Å²) in [4.78, 5) is 57.3. The van der Waals surface area contributed by atoms with Gasteiger partial charge >= 0.3 is 23.9 Å². The lowest BCUT2D eigenvalue weighted by Crippen LogP contribution is -2.32. The number of benzene rings is 2. The molecule has 1 heterocycles. The number of aromatic nitrogens is 1. The number of pyridine rings is 1. The van der Waals surface area contributed by atoms with Crippen molar-refractivity contribution in [3.05, 3.63) is 81.2 Å². The van der Waals surface area contributed by atoms with E-state index in [2.05, 4.69) is 10.3 Å². The first-order chi connectivity index (χ1) is 21.7. The highest BCUT2D eigenvalue weighted by Gasteiger charge is 2.29. The number of hydrogen-bond donors (Lipinski definition) is 6. The minimum absolute atomic E-state index is 0.0164. The van der Waals surface area contributed by atoms with Crippen molar-refractivity contribution in [3.63, 3.8) is 0 Å². The van der Waals surface area contributed by atoms with Gasteiger partial charge in [0.25, 0.3) is 5.69 Å². The molecule has 1 aromatic heterocycles. The normalized spacial score (nSPS) is 11.0. The maximum atomic E-state index is 12.1. The van der Waals surface area contributed by atoms with Crippen LogP contribution in [0.4, 0.5) is 5.69 Å². The van der Waals surface area contributed by atoms with Crippen LogP contribution in [-0.2, 0) is 9.59 Å². The number of nitro groups is 1. The summed E-state index contributed by atoms with van der Waals surface area (Å²) in [5, 5.41) is 59.2. The second kappa shape index (κ2) is 17.6. The van der Waals surface area contributed by atoms with Crippen LogP contribution in [0.15, 0.2) is 48.5 Å². The van der Waals surface area contributed by atoms with E-state index in [1.165, 1.54) is 26.0 Å². The lowest BCUT2D eigenvalue weighted by molar-refractivity contribution is -0.384. The molecule has 0 aliphatic carbocycles. The largest absolute Gasteiger partial charge is 0.493 e. The lowest BCUT2D eigenvalue weighted by Gasteiger charge is -2.18. The molecule has 16 heteroatoms. The third-order valence-electron chi connectivity index (χ3n) is 6.18. The Morgan fingerprint density at radius 1 is 0.891 bits per heavy atom. The average Bonchev–Trinajstić information content (AvgIpc) is 2.99. The molecular formula is C30H33N3O13. The van der Waals surface area contributed by atoms with E-state index in [4.69, 9.17) is 29.3 Å². The van der Waals surface area contributed by atoms with Gasteiger partial charge in [-0.05, 0) is 51.4 Å². The molecule has 0 bridgehead atoms. The number of carbonyl (C=O) groups is 4. The van der Waals surface area contributed by atoms with Crippen LogP contribution in [0.1, 0.15) is 44.9 Å². The van der Waals surface area contributed by atoms with Crippen LogP contribution in [-0.4, -0.2) is 91.7 Å². The van der Waals surface area contributed by atoms with Crippen molar-refractivity contribution in [1.82, 2.24) is 10.3 Å². The molecule has 2 aromatic carbocycles. The van der Waals surface area contributed by atoms with Crippen molar-refractivity contribution in [2.45, 2.75) is 32.8 Å². The van der Waals surface area contributed by atoms with Crippen LogP contribution >= 0.6 is 0 Å². The molecule has 3 aromatic rings. The summed E-state index contributed by atoms with van der Waals surface area (Å²) in [6.45, 7) is 4.10. The van der Waals surface area contributed by atoms with Crippen LogP contribution in [0.5, 0.6) is 11.5 Å². The van der Waals surface area contributed by atoms with Gasteiger partial charge in [0.1, 0.15) is 24.2 Å². The van der Waals surface area contributed by atoms with E-state index < -0.39 is 34.9 Å². The SMILES string of the molecule is Cc1nc(C)c(C(=O)O)c(-c2cc([N+](=O)[O-])ccc2OCCCCNCC(O)COc2ccccc2)c1C(=O)O.O=C(O)C(=O)O. The number of aliphatic hydroxyl groups excluding tert-OH is 1. The minimum Gasteiger partial charge on any atom is -0.493 e. The van der Waals surface area contributed by atoms with Crippen LogP contribution in [0.25, 0.3) is 11.1 Å². The van der Waals surface area contributed by atoms with Crippen molar-refractivity contribution < 1.29 is 59.1 Å². The Balaban J connectivity index is 0.00000112. The van der Waals surface area contributed by atoms with Gasteiger partial charge in [-0.3, -0.25) is 15.1 Å². The minimum atomic E-state index is -1.82. The number of hydrogen-bond acceptors (Lipinski definition) is 11. The van der Waals surface area contributed by atoms with E-state index in [1.54, 1.807) is 12.1 Å². The number of carboxylic acids is 4. The molecule has 0 fully saturated rings. The van der Waals surface area contributed by atoms with Gasteiger partial charge in [-0.15, -0.1) is 0 Å². The number of aryl methyl sites for hydroxylation is 2. The molecule has 0 aliphatic rings. The Bertz CT molecular complexity index is 1510. The monoisotopic (exact) mass is 643 g/mol. The van der Waals surface area contributed by atoms with Gasteiger partial charge in [0, 0.05) is 29.8 Å². The molecular weight excluding hydrogens is 610 g/mol. The zero-order valence-corrected chi connectivity index (χ0v) is 24.8. The van der Waals surface area contributed by atoms with E-state index in [0.717, 1.165) is 6.07 Å². The highest BCUT2D eigenvalue weighted by molar-refractivity contribution is 6.27. The summed E-state index contributed by atoms with van der Waals surface area (Å²) in [6, 6.07) is 12.8. The Morgan fingerprint density at radius 3 is 2.00 bits per heavy atom. The molecule has 0 spiro atoms. The van der Waals surface area contributed by atoms with Crippen LogP contribution in [0.3, 0.4) is 0 Å². The van der Waals surface area contributed by atoms with Gasteiger partial charge in [0.15, 0.2) is 0 Å². The molecule has 1 atom stereocenters. The first kappa shape index (κ1) is 36.6. The van der Waals surface area contributed by atoms with Crippen LogP contribution in [0.2, 0.25) is 0 Å². The van der Waals surface area contributed by atoms with Crippen molar-refractivity contribution in [3.8, 4) is 22.6 Å². The maximum absolute atomic E-state index is 12.1. The maximum Gasteiger partial charge on any atom is 0.414 e. The number of rotatable bonds is 15. The number of aromatic carboxylic acids is 2. The van der Waals surface area contributed by atoms with E-state index in [9.17, 15) is 35.0 Å². The number of nitrogens with one attached hydrogen (secondary N) is 1. The van der Waals surface area contributed by atoms with E-state index in [-0.39, 0.29) is 58.3 Å². The van der Waals surface area contributed by atoms with Crippen molar-refractivity contribution in [2.75, 3.05) is 26.3 Å². The Labute approximate surface area is 262 Å². The lowest BCUT2D eigenvalue weighted by atomic mass is 9.91. The Morgan fingerprint density at radius 2 is 1.48 bits per heavy atom. The van der Waals surface area contributed by atoms with Crippen molar-refractivity contribution in [1.29, 1.82) is 0 Å². The predicted molar refractivity (Wildman–Crippen MR) is 161 cm³/mol. The van der Waals surface area contributed by atoms with Crippen LogP contribution < -0.4 is 14.8 Å². The number of nitrogens with zero attached hydrogens (tertiary/aromatic N) is 2. The Hall–Kier alpha value is -5.61. The number of non-ortho nitro benzene ring substituents is 1. The fourth-order valence-electron chi connectivity index (χ4n) is 4.17. The fraction of sp³-hybridized carbons (Fsp3) is 0.300. The summed E-state index contributed by atoms with van der Waals surface area (Å²) in [5.74, 6) is -5.69. The fourth-order valence-corrected chi connectivity index (χ4v) is 4.17. The molecule has 0 aliphatic heterocycles. The summed E-state index contributed by atoms with van der Waals surface area (Å²) >= 11 is 0. The summed E-state index contributed by atoms with van der Waals surface area (Å²) < 4.78 is 11.4. The number of nitro benzene ring substituents is 1. The molecule has 3 rings (SSSR count). The van der Waals surface area contributed by atoms with Gasteiger partial charge in [-0.2, -0.15) is 0 Å². The first-order valence-electron chi connectivity index (χ1n) is 13.7. The molecule has 1 unspecified atom stereocenters. The first-order valence-corrected chi connectivity index (χ1v) is 13.7. The van der Waals surface area contributed by atoms with E-state index >= 15 is 0 Å². The summed E-state index contributed by atoms with van der Waals surface area (Å²) in [7, 11) is 0. The van der Waals surface area contributed by atoms with Gasteiger partial charge in [0.2, 0.25) is 0 Å². The Kier molecular flexibility index (Phi) is 14.0. The third-order valence-corrected chi connectivity index (χ3v) is 6.18. The highest BCUT2D eigenvalue weighted by Crippen LogP contribution is 2.39. The number of ether oxygens (including phenoxy) is 2. The molecule has 0 saturated carbocycles. The van der Waals surface area contributed by atoms with Gasteiger partial charge < -0.3 is 40.3 Å². The van der Waals surface area contributed by atoms with E-state index in [1.807, 2.05) is 18.2 Å². The molecule has 246 valence electrons. The molecule has 0 radical (unpaired) electrons. The standard InChI is InChI=1S/C28H31N3O9.C2H2O4/c1-17-24(27(33)34)26(25(28(35)36)18(2)30-17)22-14-19(31(37)38)10-11-23(22)39-13-7-6-12-29-15-20(32)16-40-21-8-4-3-5-9-21;3-1(4)2(5)6/h3-5,8-11,14,20,29,32H,6-7,12-13,15-16H2,1-2H3,(H,33,34)(H,35,36);(H,3,4)(H,5,6). The topological polar surface area (TPSA) is 256 Å². The number of aliphatic hydroxyl groups is 1. The zero-order valence-electron chi connectivity index (χ0n) is 24.8. The second-order valence-corrected chi connectivity index (χ2v) is 9.60. The van der Waals surface area contributed by atoms with Crippen molar-refractivity contribution in [2.24, 2.45) is 0 Å². The number of carboxylic acid groups (broad SMARTS) is 4. The number of unbranched alkanes of at least 4 members (excludes halogenated alkanes) is 1. The van der Waals surface area contributed by atoms with Gasteiger partial charge in [-0.25, -0.2) is 19.2 Å². The smallest absolute Gasteiger partial charge is 0.414 e. The molecule has 0 amide bonds. The quantitative estimate of drug-likeness (QED) is 0.0602. The number of para-hydroxylation sites is 1. The number of aliphatic carboxylic acids is 2. The van der Waals surface area contributed by atoms with E-state index in [0.29, 0.717) is 31.7 Å². The molecule has 16 nitrogen and oxygen atoms in total. The molecule has 46 heavy (non-hydrogen) atoms. The van der Waals surface area contributed by atoms with Crippen molar-refractivity contribution >= 4 is 29.6 Å².